The quantitative estimate of drug-likeness (QED) is 0.685. The van der Waals surface area contributed by atoms with Crippen LogP contribution in [0.2, 0.25) is 0 Å². The molecule has 0 aliphatic carbocycles. The van der Waals surface area contributed by atoms with Gasteiger partial charge in [0.25, 0.3) is 0 Å². The van der Waals surface area contributed by atoms with Crippen LogP contribution < -0.4 is 10.5 Å². The summed E-state index contributed by atoms with van der Waals surface area (Å²) in [6.07, 6.45) is 7.61. The van der Waals surface area contributed by atoms with Gasteiger partial charge in [-0.2, -0.15) is 5.10 Å². The molecule has 1 heterocycles. The lowest BCUT2D eigenvalue weighted by atomic mass is 10.1. The maximum Gasteiger partial charge on any atom is 0.236 e. The second-order valence-electron chi connectivity index (χ2n) is 4.74. The number of unbranched alkanes of at least 4 members (excludes halogenated alkanes) is 5. The van der Waals surface area contributed by atoms with E-state index in [9.17, 15) is 0 Å². The Morgan fingerprint density at radius 1 is 1.11 bits per heavy atom. The van der Waals surface area contributed by atoms with Crippen molar-refractivity contribution in [2.24, 2.45) is 0 Å². The summed E-state index contributed by atoms with van der Waals surface area (Å²) >= 11 is 0. The van der Waals surface area contributed by atoms with Crippen molar-refractivity contribution in [1.82, 2.24) is 9.78 Å². The van der Waals surface area contributed by atoms with Gasteiger partial charge < -0.3 is 10.5 Å². The average molecular weight is 253 g/mol. The lowest BCUT2D eigenvalue weighted by Gasteiger charge is -2.08. The van der Waals surface area contributed by atoms with E-state index < -0.39 is 0 Å². The van der Waals surface area contributed by atoms with Crippen LogP contribution in [0.25, 0.3) is 0 Å². The lowest BCUT2D eigenvalue weighted by Crippen LogP contribution is -2.06. The molecule has 0 saturated carbocycles. The highest BCUT2D eigenvalue weighted by Crippen LogP contribution is 2.24. The third-order valence-corrected chi connectivity index (χ3v) is 3.16. The van der Waals surface area contributed by atoms with Crippen molar-refractivity contribution in [3.8, 4) is 5.88 Å². The lowest BCUT2D eigenvalue weighted by molar-refractivity contribution is 0.276. The van der Waals surface area contributed by atoms with Gasteiger partial charge in [-0.05, 0) is 20.3 Å². The first-order valence-electron chi connectivity index (χ1n) is 7.16. The molecule has 0 radical (unpaired) electrons. The van der Waals surface area contributed by atoms with Gasteiger partial charge in [0.05, 0.1) is 12.3 Å². The molecule has 0 aliphatic heterocycles. The molecule has 18 heavy (non-hydrogen) atoms. The molecular weight excluding hydrogens is 226 g/mol. The van der Waals surface area contributed by atoms with Crippen molar-refractivity contribution < 1.29 is 4.74 Å². The first-order chi connectivity index (χ1) is 8.70. The van der Waals surface area contributed by atoms with Gasteiger partial charge in [-0.3, -0.25) is 0 Å². The third kappa shape index (κ3) is 4.24. The number of nitrogens with zero attached hydrogens (tertiary/aromatic N) is 2. The van der Waals surface area contributed by atoms with Gasteiger partial charge in [0, 0.05) is 6.54 Å². The molecular formula is C14H27N3O. The Morgan fingerprint density at radius 3 is 2.44 bits per heavy atom. The Labute approximate surface area is 111 Å². The fraction of sp³-hybridized carbons (Fsp3) is 0.786. The van der Waals surface area contributed by atoms with Crippen LogP contribution in [0, 0.1) is 6.92 Å². The van der Waals surface area contributed by atoms with Gasteiger partial charge in [0.2, 0.25) is 5.88 Å². The number of nitrogen functional groups attached to an aromatic ring is 1. The van der Waals surface area contributed by atoms with Crippen LogP contribution in [0.15, 0.2) is 0 Å². The molecule has 0 spiro atoms. The van der Waals surface area contributed by atoms with E-state index in [2.05, 4.69) is 12.0 Å². The van der Waals surface area contributed by atoms with Gasteiger partial charge in [-0.15, -0.1) is 0 Å². The highest BCUT2D eigenvalue weighted by atomic mass is 16.5. The van der Waals surface area contributed by atoms with Crippen molar-refractivity contribution in [3.63, 3.8) is 0 Å². The summed E-state index contributed by atoms with van der Waals surface area (Å²) < 4.78 is 7.60. The summed E-state index contributed by atoms with van der Waals surface area (Å²) in [6.45, 7) is 7.73. The summed E-state index contributed by atoms with van der Waals surface area (Å²) in [7, 11) is 0. The zero-order valence-electron chi connectivity index (χ0n) is 12.0. The third-order valence-electron chi connectivity index (χ3n) is 3.16. The number of hydrogen-bond donors (Lipinski definition) is 1. The summed E-state index contributed by atoms with van der Waals surface area (Å²) in [5.41, 5.74) is 7.49. The molecule has 0 aromatic carbocycles. The Balaban J connectivity index is 2.26. The number of aromatic nitrogens is 2. The number of nitrogens with two attached hydrogens (primary N) is 1. The van der Waals surface area contributed by atoms with Crippen LogP contribution in [-0.2, 0) is 6.54 Å². The normalized spacial score (nSPS) is 10.8. The first kappa shape index (κ1) is 14.9. The van der Waals surface area contributed by atoms with Crippen LogP contribution in [0.3, 0.4) is 0 Å². The molecule has 1 aromatic rings. The molecule has 0 amide bonds. The van der Waals surface area contributed by atoms with E-state index in [1.54, 1.807) is 0 Å². The Morgan fingerprint density at radius 2 is 1.78 bits per heavy atom. The molecule has 4 nitrogen and oxygen atoms in total. The van der Waals surface area contributed by atoms with Crippen molar-refractivity contribution in [1.29, 1.82) is 0 Å². The van der Waals surface area contributed by atoms with E-state index in [0.717, 1.165) is 31.1 Å². The van der Waals surface area contributed by atoms with Crippen LogP contribution in [-0.4, -0.2) is 16.4 Å². The van der Waals surface area contributed by atoms with E-state index in [1.165, 1.54) is 32.1 Å². The minimum absolute atomic E-state index is 0.683. The summed E-state index contributed by atoms with van der Waals surface area (Å²) in [5, 5.41) is 4.33. The Bertz CT molecular complexity index is 347. The fourth-order valence-corrected chi connectivity index (χ4v) is 1.99. The Kier molecular flexibility index (Phi) is 6.61. The van der Waals surface area contributed by atoms with Crippen LogP contribution >= 0.6 is 0 Å². The van der Waals surface area contributed by atoms with Gasteiger partial charge in [-0.1, -0.05) is 39.0 Å². The van der Waals surface area contributed by atoms with E-state index >= 15 is 0 Å². The maximum atomic E-state index is 5.95. The van der Waals surface area contributed by atoms with E-state index in [0.29, 0.717) is 5.69 Å². The molecule has 0 saturated heterocycles. The van der Waals surface area contributed by atoms with E-state index in [-0.39, 0.29) is 0 Å². The van der Waals surface area contributed by atoms with Gasteiger partial charge in [-0.25, -0.2) is 4.68 Å². The Hall–Kier alpha value is -1.19. The standard InChI is InChI=1S/C14H27N3O/c1-4-6-7-8-9-10-11-18-14-13(15)12(3)16-17(14)5-2/h4-11,15H2,1-3H3. The zero-order valence-corrected chi connectivity index (χ0v) is 12.0. The van der Waals surface area contributed by atoms with Crippen LogP contribution in [0.4, 0.5) is 5.69 Å². The smallest absolute Gasteiger partial charge is 0.236 e. The van der Waals surface area contributed by atoms with Crippen LogP contribution in [0.1, 0.15) is 58.1 Å². The minimum Gasteiger partial charge on any atom is -0.476 e. The topological polar surface area (TPSA) is 53.1 Å². The molecule has 1 aromatic heterocycles. The molecule has 1 rings (SSSR count). The second-order valence-corrected chi connectivity index (χ2v) is 4.74. The largest absolute Gasteiger partial charge is 0.476 e. The monoisotopic (exact) mass is 253 g/mol. The minimum atomic E-state index is 0.683. The van der Waals surface area contributed by atoms with Crippen LogP contribution in [0.5, 0.6) is 5.88 Å². The summed E-state index contributed by atoms with van der Waals surface area (Å²) in [4.78, 5) is 0. The molecule has 0 atom stereocenters. The zero-order chi connectivity index (χ0) is 13.4. The predicted molar refractivity (Wildman–Crippen MR) is 75.9 cm³/mol. The van der Waals surface area contributed by atoms with Crippen molar-refractivity contribution in [3.05, 3.63) is 5.69 Å². The average Bonchev–Trinajstić information content (AvgIpc) is 2.65. The first-order valence-corrected chi connectivity index (χ1v) is 7.16. The fourth-order valence-electron chi connectivity index (χ4n) is 1.99. The molecule has 0 unspecified atom stereocenters. The molecule has 2 N–H and O–H groups in total. The summed E-state index contributed by atoms with van der Waals surface area (Å²) in [6, 6.07) is 0. The molecule has 104 valence electrons. The van der Waals surface area contributed by atoms with E-state index in [4.69, 9.17) is 10.5 Å². The molecule has 0 fully saturated rings. The van der Waals surface area contributed by atoms with Crippen molar-refractivity contribution >= 4 is 5.69 Å². The molecule has 0 aliphatic rings. The number of ether oxygens (including phenoxy) is 1. The highest BCUT2D eigenvalue weighted by Gasteiger charge is 2.12. The van der Waals surface area contributed by atoms with E-state index in [1.807, 2.05) is 18.5 Å². The second kappa shape index (κ2) is 8.01. The summed E-state index contributed by atoms with van der Waals surface area (Å²) in [5.74, 6) is 0.739. The number of hydrogen-bond acceptors (Lipinski definition) is 3. The number of rotatable bonds is 9. The predicted octanol–water partition coefficient (Wildman–Crippen LogP) is 3.53. The van der Waals surface area contributed by atoms with Gasteiger partial charge >= 0.3 is 0 Å². The van der Waals surface area contributed by atoms with Gasteiger partial charge in [0.1, 0.15) is 5.69 Å². The highest BCUT2D eigenvalue weighted by molar-refractivity contribution is 5.52. The van der Waals surface area contributed by atoms with Crippen molar-refractivity contribution in [2.45, 2.75) is 65.8 Å². The number of anilines is 1. The van der Waals surface area contributed by atoms with Crippen molar-refractivity contribution in [2.75, 3.05) is 12.3 Å². The van der Waals surface area contributed by atoms with Gasteiger partial charge in [0.15, 0.2) is 0 Å². The SMILES string of the molecule is CCCCCCCCOc1c(N)c(C)nn1CC. The molecule has 0 bridgehead atoms. The maximum absolute atomic E-state index is 5.95. The molecule has 4 heteroatoms. The number of aryl methyl sites for hydroxylation is 2.